The first kappa shape index (κ1) is 17.2. The van der Waals surface area contributed by atoms with Crippen molar-refractivity contribution in [3.8, 4) is 0 Å². The summed E-state index contributed by atoms with van der Waals surface area (Å²) in [4.78, 5) is 2.16. The highest BCUT2D eigenvalue weighted by atomic mass is 16.4. The first-order chi connectivity index (χ1) is 9.70. The molecule has 0 amide bonds. The molecule has 0 aromatic rings. The molecule has 0 unspecified atom stereocenters. The van der Waals surface area contributed by atoms with Gasteiger partial charge in [0.05, 0.1) is 12.2 Å². The van der Waals surface area contributed by atoms with Crippen LogP contribution in [-0.4, -0.2) is 57.7 Å². The molecule has 1 saturated heterocycles. The molecular weight excluding hydrogens is 266 g/mol. The van der Waals surface area contributed by atoms with E-state index in [1.54, 1.807) is 0 Å². The van der Waals surface area contributed by atoms with Gasteiger partial charge in [-0.1, -0.05) is 20.8 Å². The highest BCUT2D eigenvalue weighted by Gasteiger charge is 2.40. The number of aliphatic hydroxyl groups excluding tert-OH is 3. The van der Waals surface area contributed by atoms with Gasteiger partial charge in [0.25, 0.3) is 0 Å². The monoisotopic (exact) mass is 299 g/mol. The Morgan fingerprint density at radius 1 is 0.952 bits per heavy atom. The zero-order valence-electron chi connectivity index (χ0n) is 14.0. The maximum atomic E-state index is 10.0. The van der Waals surface area contributed by atoms with Gasteiger partial charge in [0.1, 0.15) is 6.10 Å². The van der Waals surface area contributed by atoms with Gasteiger partial charge in [0.2, 0.25) is 0 Å². The summed E-state index contributed by atoms with van der Waals surface area (Å²) < 4.78 is 0. The second-order valence-corrected chi connectivity index (χ2v) is 8.33. The smallest absolute Gasteiger partial charge is 0.108 e. The molecular formula is C17H33NO3. The molecule has 124 valence electrons. The third-order valence-corrected chi connectivity index (χ3v) is 5.80. The van der Waals surface area contributed by atoms with E-state index in [2.05, 4.69) is 25.7 Å². The second-order valence-electron chi connectivity index (χ2n) is 8.33. The van der Waals surface area contributed by atoms with Crippen LogP contribution in [0.4, 0.5) is 0 Å². The van der Waals surface area contributed by atoms with Crippen LogP contribution in [0.5, 0.6) is 0 Å². The van der Waals surface area contributed by atoms with Crippen molar-refractivity contribution in [2.24, 2.45) is 17.3 Å². The van der Waals surface area contributed by atoms with Gasteiger partial charge in [0, 0.05) is 19.1 Å². The Balaban J connectivity index is 1.86. The molecule has 2 aliphatic rings. The molecule has 1 aliphatic heterocycles. The van der Waals surface area contributed by atoms with Crippen LogP contribution in [0.15, 0.2) is 0 Å². The Labute approximate surface area is 129 Å². The highest BCUT2D eigenvalue weighted by Crippen LogP contribution is 2.40. The quantitative estimate of drug-likeness (QED) is 0.725. The number of likely N-dealkylation sites (tertiary alicyclic amines) is 1. The number of hydrogen-bond acceptors (Lipinski definition) is 4. The molecule has 3 N–H and O–H groups in total. The fraction of sp³-hybridized carbons (Fsp3) is 1.00. The van der Waals surface area contributed by atoms with Crippen LogP contribution in [0.3, 0.4) is 0 Å². The summed E-state index contributed by atoms with van der Waals surface area (Å²) in [6, 6.07) is -0.0799. The number of piperidine rings is 1. The fourth-order valence-electron chi connectivity index (χ4n) is 4.03. The van der Waals surface area contributed by atoms with Crippen LogP contribution in [0.2, 0.25) is 0 Å². The molecule has 4 heteroatoms. The standard InChI is InChI=1S/C17H33NO3/c1-11-15(20)16(21)14(19)10-18(11)9-12-5-7-13(8-6-12)17(2,3)4/h11-16,19-21H,5-10H2,1-4H3/t11-,12-,13+,14+,15-,16-/m1/s1. The molecule has 1 aliphatic carbocycles. The molecule has 0 spiro atoms. The van der Waals surface area contributed by atoms with Crippen molar-refractivity contribution < 1.29 is 15.3 Å². The van der Waals surface area contributed by atoms with Crippen molar-refractivity contribution in [1.29, 1.82) is 0 Å². The number of β-amino-alcohol motifs (C(OH)–C–C–N with tert-alkyl or cyclic N) is 1. The first-order valence-electron chi connectivity index (χ1n) is 8.48. The van der Waals surface area contributed by atoms with Crippen molar-refractivity contribution >= 4 is 0 Å². The van der Waals surface area contributed by atoms with Crippen LogP contribution in [0.1, 0.15) is 53.4 Å². The van der Waals surface area contributed by atoms with E-state index in [0.29, 0.717) is 17.9 Å². The second kappa shape index (κ2) is 6.53. The number of nitrogens with zero attached hydrogens (tertiary/aromatic N) is 1. The minimum Gasteiger partial charge on any atom is -0.389 e. The van der Waals surface area contributed by atoms with E-state index in [1.165, 1.54) is 25.7 Å². The summed E-state index contributed by atoms with van der Waals surface area (Å²) in [5.74, 6) is 1.46. The average molecular weight is 299 g/mol. The van der Waals surface area contributed by atoms with Crippen molar-refractivity contribution in [1.82, 2.24) is 4.90 Å². The maximum absolute atomic E-state index is 10.0. The molecule has 0 bridgehead atoms. The van der Waals surface area contributed by atoms with E-state index in [1.807, 2.05) is 6.92 Å². The van der Waals surface area contributed by atoms with Gasteiger partial charge in [-0.15, -0.1) is 0 Å². The Bertz CT molecular complexity index is 333. The van der Waals surface area contributed by atoms with Gasteiger partial charge in [-0.2, -0.15) is 0 Å². The number of rotatable bonds is 2. The lowest BCUT2D eigenvalue weighted by atomic mass is 9.69. The molecule has 0 aromatic carbocycles. The molecule has 2 rings (SSSR count). The lowest BCUT2D eigenvalue weighted by molar-refractivity contribution is -0.136. The third-order valence-electron chi connectivity index (χ3n) is 5.80. The largest absolute Gasteiger partial charge is 0.389 e. The predicted octanol–water partition coefficient (Wildman–Crippen LogP) is 1.63. The first-order valence-corrected chi connectivity index (χ1v) is 8.48. The summed E-state index contributed by atoms with van der Waals surface area (Å²) >= 11 is 0. The lowest BCUT2D eigenvalue weighted by Gasteiger charge is -2.45. The molecule has 1 saturated carbocycles. The highest BCUT2D eigenvalue weighted by molar-refractivity contribution is 4.93. The van der Waals surface area contributed by atoms with Crippen LogP contribution in [-0.2, 0) is 0 Å². The SMILES string of the molecule is C[C@@H]1[C@@H](O)[C@H](O)[C@@H](O)CN1C[C@H]1CC[C@@H](C(C)(C)C)CC1. The molecule has 2 fully saturated rings. The zero-order valence-corrected chi connectivity index (χ0v) is 14.0. The molecule has 0 aromatic heterocycles. The third kappa shape index (κ3) is 3.98. The van der Waals surface area contributed by atoms with Crippen LogP contribution in [0, 0.1) is 17.3 Å². The maximum Gasteiger partial charge on any atom is 0.108 e. The van der Waals surface area contributed by atoms with Gasteiger partial charge in [-0.05, 0) is 49.9 Å². The summed E-state index contributed by atoms with van der Waals surface area (Å²) in [7, 11) is 0. The summed E-state index contributed by atoms with van der Waals surface area (Å²) in [6.45, 7) is 10.3. The molecule has 4 atom stereocenters. The van der Waals surface area contributed by atoms with Crippen molar-refractivity contribution in [2.75, 3.05) is 13.1 Å². The van der Waals surface area contributed by atoms with Crippen molar-refractivity contribution in [2.45, 2.75) is 77.7 Å². The van der Waals surface area contributed by atoms with Gasteiger partial charge in [-0.3, -0.25) is 4.90 Å². The summed E-state index contributed by atoms with van der Waals surface area (Å²) in [6.07, 6.45) is 2.35. The molecule has 1 heterocycles. The van der Waals surface area contributed by atoms with Gasteiger partial charge >= 0.3 is 0 Å². The molecule has 21 heavy (non-hydrogen) atoms. The van der Waals surface area contributed by atoms with Gasteiger partial charge < -0.3 is 15.3 Å². The van der Waals surface area contributed by atoms with Gasteiger partial charge in [-0.25, -0.2) is 0 Å². The van der Waals surface area contributed by atoms with E-state index in [-0.39, 0.29) is 6.04 Å². The van der Waals surface area contributed by atoms with E-state index in [9.17, 15) is 15.3 Å². The molecule has 4 nitrogen and oxygen atoms in total. The Morgan fingerprint density at radius 3 is 2.05 bits per heavy atom. The minimum absolute atomic E-state index is 0.0799. The Hall–Kier alpha value is -0.160. The zero-order chi connectivity index (χ0) is 15.8. The topological polar surface area (TPSA) is 63.9 Å². The van der Waals surface area contributed by atoms with Crippen LogP contribution < -0.4 is 0 Å². The van der Waals surface area contributed by atoms with Gasteiger partial charge in [0.15, 0.2) is 0 Å². The number of aliphatic hydroxyl groups is 3. The van der Waals surface area contributed by atoms with Crippen molar-refractivity contribution in [3.05, 3.63) is 0 Å². The Kier molecular flexibility index (Phi) is 5.35. The predicted molar refractivity (Wildman–Crippen MR) is 84.0 cm³/mol. The van der Waals surface area contributed by atoms with Crippen LogP contribution in [0.25, 0.3) is 0 Å². The van der Waals surface area contributed by atoms with E-state index in [0.717, 1.165) is 12.5 Å². The number of hydrogen-bond donors (Lipinski definition) is 3. The van der Waals surface area contributed by atoms with E-state index < -0.39 is 18.3 Å². The lowest BCUT2D eigenvalue weighted by Crippen LogP contribution is -2.60. The average Bonchev–Trinajstić information content (AvgIpc) is 2.42. The van der Waals surface area contributed by atoms with Crippen molar-refractivity contribution in [3.63, 3.8) is 0 Å². The fourth-order valence-corrected chi connectivity index (χ4v) is 4.03. The normalized spacial score (nSPS) is 43.0. The van der Waals surface area contributed by atoms with E-state index in [4.69, 9.17) is 0 Å². The Morgan fingerprint density at radius 2 is 1.52 bits per heavy atom. The summed E-state index contributed by atoms with van der Waals surface area (Å²) in [5, 5.41) is 29.6. The minimum atomic E-state index is -1.01. The molecule has 0 radical (unpaired) electrons. The van der Waals surface area contributed by atoms with Crippen LogP contribution >= 0.6 is 0 Å². The van der Waals surface area contributed by atoms with E-state index >= 15 is 0 Å². The summed E-state index contributed by atoms with van der Waals surface area (Å²) in [5.41, 5.74) is 0.403.